The summed E-state index contributed by atoms with van der Waals surface area (Å²) in [5.74, 6) is 0.471. The smallest absolute Gasteiger partial charge is 0.263 e. The number of H-pyrrole nitrogens is 1. The third-order valence-corrected chi connectivity index (χ3v) is 5.94. The molecule has 0 saturated heterocycles. The van der Waals surface area contributed by atoms with E-state index in [2.05, 4.69) is 25.5 Å². The quantitative estimate of drug-likeness (QED) is 0.395. The highest BCUT2D eigenvalue weighted by Gasteiger charge is 2.17. The van der Waals surface area contributed by atoms with Crippen molar-refractivity contribution in [2.45, 2.75) is 33.6 Å². The molecule has 0 radical (unpaired) electrons. The Balaban J connectivity index is 1.48. The van der Waals surface area contributed by atoms with Gasteiger partial charge in [0.1, 0.15) is 11.2 Å². The SMILES string of the molecule is Cc1cc(NC(=O)CCc2ccccc2)n(-c2nc3c(cnn3-c3ccc(C)c(C)c3)c(=O)[nH]2)n1. The van der Waals surface area contributed by atoms with E-state index in [0.29, 0.717) is 35.4 Å². The lowest BCUT2D eigenvalue weighted by molar-refractivity contribution is -0.116. The third kappa shape index (κ3) is 4.48. The summed E-state index contributed by atoms with van der Waals surface area (Å²) < 4.78 is 3.07. The van der Waals surface area contributed by atoms with Crippen LogP contribution in [0.15, 0.2) is 65.6 Å². The summed E-state index contributed by atoms with van der Waals surface area (Å²) in [6, 6.07) is 17.5. The van der Waals surface area contributed by atoms with E-state index in [1.807, 2.05) is 69.3 Å². The zero-order valence-corrected chi connectivity index (χ0v) is 19.7. The van der Waals surface area contributed by atoms with Gasteiger partial charge in [0.2, 0.25) is 11.9 Å². The van der Waals surface area contributed by atoms with Gasteiger partial charge in [0.15, 0.2) is 5.65 Å². The Kier molecular flexibility index (Phi) is 5.74. The fourth-order valence-electron chi connectivity index (χ4n) is 3.91. The Morgan fingerprint density at radius 1 is 1.00 bits per heavy atom. The molecule has 0 bridgehead atoms. The van der Waals surface area contributed by atoms with Crippen LogP contribution in [0.5, 0.6) is 0 Å². The molecule has 35 heavy (non-hydrogen) atoms. The number of aromatic nitrogens is 6. The van der Waals surface area contributed by atoms with E-state index in [-0.39, 0.29) is 17.4 Å². The first-order valence-electron chi connectivity index (χ1n) is 11.4. The molecule has 2 N–H and O–H groups in total. The molecule has 176 valence electrons. The van der Waals surface area contributed by atoms with E-state index < -0.39 is 0 Å². The molecule has 0 unspecified atom stereocenters. The molecule has 5 rings (SSSR count). The summed E-state index contributed by atoms with van der Waals surface area (Å²) in [7, 11) is 0. The number of amides is 1. The summed E-state index contributed by atoms with van der Waals surface area (Å²) in [6.45, 7) is 5.87. The van der Waals surface area contributed by atoms with Crippen LogP contribution >= 0.6 is 0 Å². The lowest BCUT2D eigenvalue weighted by Crippen LogP contribution is -2.19. The molecular weight excluding hydrogens is 442 g/mol. The standard InChI is InChI=1S/C26H25N7O2/c1-16-9-11-20(13-17(16)2)32-24-21(15-27-32)25(35)30-26(29-24)33-22(14-18(3)31-33)28-23(34)12-10-19-7-5-4-6-8-19/h4-9,11,13-15H,10,12H2,1-3H3,(H,28,34)(H,29,30,35). The number of benzene rings is 2. The molecule has 0 saturated carbocycles. The second-order valence-electron chi connectivity index (χ2n) is 8.57. The van der Waals surface area contributed by atoms with Crippen molar-refractivity contribution in [3.8, 4) is 11.6 Å². The average Bonchev–Trinajstić information content (AvgIpc) is 3.44. The first-order valence-corrected chi connectivity index (χ1v) is 11.4. The van der Waals surface area contributed by atoms with Crippen LogP contribution in [0.2, 0.25) is 0 Å². The van der Waals surface area contributed by atoms with Crippen LogP contribution in [0, 0.1) is 20.8 Å². The largest absolute Gasteiger partial charge is 0.310 e. The Labute approximate surface area is 201 Å². The summed E-state index contributed by atoms with van der Waals surface area (Å²) >= 11 is 0. The molecule has 0 atom stereocenters. The fourth-order valence-corrected chi connectivity index (χ4v) is 3.91. The molecule has 0 spiro atoms. The monoisotopic (exact) mass is 467 g/mol. The van der Waals surface area contributed by atoms with Crippen molar-refractivity contribution in [2.24, 2.45) is 0 Å². The van der Waals surface area contributed by atoms with Gasteiger partial charge in [0, 0.05) is 12.5 Å². The number of carbonyl (C=O) groups excluding carboxylic acids is 1. The number of hydrogen-bond acceptors (Lipinski definition) is 5. The van der Waals surface area contributed by atoms with Crippen molar-refractivity contribution in [1.82, 2.24) is 29.5 Å². The highest BCUT2D eigenvalue weighted by Crippen LogP contribution is 2.20. The van der Waals surface area contributed by atoms with E-state index in [1.165, 1.54) is 10.9 Å². The minimum atomic E-state index is -0.338. The molecule has 3 aromatic heterocycles. The zero-order chi connectivity index (χ0) is 24.5. The number of aryl methyl sites for hydroxylation is 4. The van der Waals surface area contributed by atoms with Crippen molar-refractivity contribution in [3.05, 3.63) is 93.5 Å². The predicted octanol–water partition coefficient (Wildman–Crippen LogP) is 3.79. The second-order valence-corrected chi connectivity index (χ2v) is 8.57. The first-order chi connectivity index (χ1) is 16.9. The summed E-state index contributed by atoms with van der Waals surface area (Å²) in [5.41, 5.74) is 4.90. The molecule has 5 aromatic rings. The van der Waals surface area contributed by atoms with E-state index in [0.717, 1.165) is 22.4 Å². The normalized spacial score (nSPS) is 11.2. The maximum absolute atomic E-state index is 12.9. The van der Waals surface area contributed by atoms with Crippen LogP contribution < -0.4 is 10.9 Å². The third-order valence-electron chi connectivity index (χ3n) is 5.94. The lowest BCUT2D eigenvalue weighted by atomic mass is 10.1. The van der Waals surface area contributed by atoms with E-state index in [9.17, 15) is 9.59 Å². The number of aromatic amines is 1. The highest BCUT2D eigenvalue weighted by atomic mass is 16.1. The maximum atomic E-state index is 12.9. The minimum absolute atomic E-state index is 0.154. The van der Waals surface area contributed by atoms with Crippen LogP contribution in [0.25, 0.3) is 22.7 Å². The molecule has 0 aliphatic heterocycles. The Bertz CT molecular complexity index is 1600. The van der Waals surface area contributed by atoms with E-state index in [4.69, 9.17) is 0 Å². The van der Waals surface area contributed by atoms with Crippen molar-refractivity contribution < 1.29 is 4.79 Å². The predicted molar refractivity (Wildman–Crippen MR) is 134 cm³/mol. The average molecular weight is 468 g/mol. The molecule has 1 amide bonds. The Morgan fingerprint density at radius 2 is 1.80 bits per heavy atom. The van der Waals surface area contributed by atoms with Gasteiger partial charge in [0.05, 0.1) is 17.6 Å². The summed E-state index contributed by atoms with van der Waals surface area (Å²) in [4.78, 5) is 32.9. The van der Waals surface area contributed by atoms with Crippen LogP contribution in [0.1, 0.15) is 28.8 Å². The van der Waals surface area contributed by atoms with Crippen molar-refractivity contribution in [2.75, 3.05) is 5.32 Å². The van der Waals surface area contributed by atoms with Gasteiger partial charge in [-0.15, -0.1) is 0 Å². The van der Waals surface area contributed by atoms with Crippen LogP contribution in [-0.2, 0) is 11.2 Å². The van der Waals surface area contributed by atoms with Gasteiger partial charge in [-0.25, -0.2) is 4.68 Å². The van der Waals surface area contributed by atoms with Gasteiger partial charge in [-0.3, -0.25) is 14.6 Å². The fraction of sp³-hybridized carbons (Fsp3) is 0.192. The number of fused-ring (bicyclic) bond motifs is 1. The molecule has 2 aromatic carbocycles. The number of rotatable bonds is 6. The highest BCUT2D eigenvalue weighted by molar-refractivity contribution is 5.90. The minimum Gasteiger partial charge on any atom is -0.310 e. The molecular formula is C26H25N7O2. The zero-order valence-electron chi connectivity index (χ0n) is 19.7. The van der Waals surface area contributed by atoms with Gasteiger partial charge >= 0.3 is 0 Å². The van der Waals surface area contributed by atoms with Crippen LogP contribution in [0.4, 0.5) is 5.82 Å². The second kappa shape index (κ2) is 9.02. The molecule has 0 fully saturated rings. The number of anilines is 1. The van der Waals surface area contributed by atoms with Gasteiger partial charge < -0.3 is 5.32 Å². The van der Waals surface area contributed by atoms with Gasteiger partial charge in [0.25, 0.3) is 5.56 Å². The molecule has 9 heteroatoms. The molecule has 0 aliphatic carbocycles. The summed E-state index contributed by atoms with van der Waals surface area (Å²) in [6.07, 6.45) is 2.44. The first kappa shape index (κ1) is 22.3. The topological polar surface area (TPSA) is 110 Å². The van der Waals surface area contributed by atoms with Crippen molar-refractivity contribution in [1.29, 1.82) is 0 Å². The lowest BCUT2D eigenvalue weighted by Gasteiger charge is -2.09. The maximum Gasteiger partial charge on any atom is 0.263 e. The number of carbonyl (C=O) groups is 1. The van der Waals surface area contributed by atoms with Crippen molar-refractivity contribution in [3.63, 3.8) is 0 Å². The molecule has 3 heterocycles. The van der Waals surface area contributed by atoms with Crippen LogP contribution in [0.3, 0.4) is 0 Å². The van der Waals surface area contributed by atoms with Gasteiger partial charge in [-0.2, -0.15) is 19.9 Å². The Hall–Kier alpha value is -4.53. The number of nitrogens with zero attached hydrogens (tertiary/aromatic N) is 5. The Morgan fingerprint density at radius 3 is 2.57 bits per heavy atom. The van der Waals surface area contributed by atoms with E-state index >= 15 is 0 Å². The van der Waals surface area contributed by atoms with E-state index in [1.54, 1.807) is 10.7 Å². The summed E-state index contributed by atoms with van der Waals surface area (Å²) in [5, 5.41) is 12.1. The number of nitrogens with one attached hydrogen (secondary N) is 2. The van der Waals surface area contributed by atoms with Gasteiger partial charge in [-0.05, 0) is 56.0 Å². The van der Waals surface area contributed by atoms with Crippen molar-refractivity contribution >= 4 is 22.8 Å². The molecule has 0 aliphatic rings. The number of hydrogen-bond donors (Lipinski definition) is 2. The molecule has 9 nitrogen and oxygen atoms in total. The van der Waals surface area contributed by atoms with Crippen LogP contribution in [-0.4, -0.2) is 35.4 Å². The van der Waals surface area contributed by atoms with Gasteiger partial charge in [-0.1, -0.05) is 36.4 Å².